The Balaban J connectivity index is 1.38. The summed E-state index contributed by atoms with van der Waals surface area (Å²) in [5, 5.41) is 0. The maximum atomic E-state index is 3.64. The molecule has 7 rings (SSSR count). The van der Waals surface area contributed by atoms with Crippen molar-refractivity contribution in [2.24, 2.45) is 0 Å². The Morgan fingerprint density at radius 3 is 0.622 bits per heavy atom. The van der Waals surface area contributed by atoms with Gasteiger partial charge in [-0.3, -0.25) is 0 Å². The SMILES string of the molecule is Brc1cccc(-c2cccc(-c3cc(-c4cccc(-c5cccc(Br)c5)c4)cc(-c4cccc(-c5cccc(Br)c5)c4)c3)c2)c1. The zero-order valence-electron chi connectivity index (χ0n) is 24.2. The second kappa shape index (κ2) is 13.1. The molecule has 0 aliphatic rings. The highest BCUT2D eigenvalue weighted by Gasteiger charge is 2.11. The van der Waals surface area contributed by atoms with Crippen molar-refractivity contribution in [1.82, 2.24) is 0 Å². The van der Waals surface area contributed by atoms with E-state index in [0.717, 1.165) is 13.4 Å². The van der Waals surface area contributed by atoms with Crippen molar-refractivity contribution in [3.8, 4) is 66.8 Å². The second-order valence-electron chi connectivity index (χ2n) is 11.1. The van der Waals surface area contributed by atoms with E-state index in [1.165, 1.54) is 66.8 Å². The lowest BCUT2D eigenvalue weighted by molar-refractivity contribution is 1.54. The first-order valence-corrected chi connectivity index (χ1v) is 17.1. The summed E-state index contributed by atoms with van der Waals surface area (Å²) in [6.45, 7) is 0. The molecule has 0 atom stereocenters. The van der Waals surface area contributed by atoms with E-state index < -0.39 is 0 Å². The van der Waals surface area contributed by atoms with E-state index in [4.69, 9.17) is 0 Å². The molecule has 0 N–H and O–H groups in total. The van der Waals surface area contributed by atoms with Crippen LogP contribution in [0.5, 0.6) is 0 Å². The van der Waals surface area contributed by atoms with Crippen molar-refractivity contribution in [3.05, 3.63) is 177 Å². The van der Waals surface area contributed by atoms with Gasteiger partial charge >= 0.3 is 0 Å². The molecule has 0 fully saturated rings. The molecular weight excluding hydrogens is 744 g/mol. The average Bonchev–Trinajstić information content (AvgIpc) is 3.08. The zero-order valence-corrected chi connectivity index (χ0v) is 29.0. The molecule has 0 heterocycles. The van der Waals surface area contributed by atoms with E-state index in [0.29, 0.717) is 0 Å². The molecule has 0 aromatic heterocycles. The van der Waals surface area contributed by atoms with Gasteiger partial charge in [-0.05, 0) is 140 Å². The molecule has 0 aliphatic carbocycles. The lowest BCUT2D eigenvalue weighted by Gasteiger charge is -2.14. The van der Waals surface area contributed by atoms with Crippen molar-refractivity contribution in [2.75, 3.05) is 0 Å². The van der Waals surface area contributed by atoms with Crippen LogP contribution < -0.4 is 0 Å². The van der Waals surface area contributed by atoms with Crippen molar-refractivity contribution < 1.29 is 0 Å². The molecular formula is C42H27Br3. The van der Waals surface area contributed by atoms with Crippen molar-refractivity contribution in [3.63, 3.8) is 0 Å². The third-order valence-corrected chi connectivity index (χ3v) is 9.47. The van der Waals surface area contributed by atoms with Crippen LogP contribution in [0.3, 0.4) is 0 Å². The van der Waals surface area contributed by atoms with Gasteiger partial charge < -0.3 is 0 Å². The number of halogens is 3. The van der Waals surface area contributed by atoms with Gasteiger partial charge in [0.25, 0.3) is 0 Å². The van der Waals surface area contributed by atoms with Gasteiger partial charge in [-0.15, -0.1) is 0 Å². The summed E-state index contributed by atoms with van der Waals surface area (Å²) in [5.74, 6) is 0. The van der Waals surface area contributed by atoms with Crippen LogP contribution >= 0.6 is 47.8 Å². The predicted octanol–water partition coefficient (Wildman–Crippen LogP) is 14.0. The van der Waals surface area contributed by atoms with Crippen LogP contribution in [0.15, 0.2) is 177 Å². The third-order valence-electron chi connectivity index (χ3n) is 7.99. The summed E-state index contributed by atoms with van der Waals surface area (Å²) < 4.78 is 3.22. The highest BCUT2D eigenvalue weighted by atomic mass is 79.9. The smallest absolute Gasteiger partial charge is 0.0181 e. The molecule has 0 bridgehead atoms. The Morgan fingerprint density at radius 1 is 0.200 bits per heavy atom. The summed E-state index contributed by atoms with van der Waals surface area (Å²) in [6, 6.07) is 58.9. The minimum Gasteiger partial charge on any atom is -0.0610 e. The number of hydrogen-bond acceptors (Lipinski definition) is 0. The molecule has 3 heteroatoms. The monoisotopic (exact) mass is 768 g/mol. The van der Waals surface area contributed by atoms with E-state index in [1.807, 2.05) is 0 Å². The zero-order chi connectivity index (χ0) is 30.8. The van der Waals surface area contributed by atoms with Crippen LogP contribution in [-0.4, -0.2) is 0 Å². The highest BCUT2D eigenvalue weighted by Crippen LogP contribution is 2.37. The summed E-state index contributed by atoms with van der Waals surface area (Å²) >= 11 is 10.9. The molecule has 0 nitrogen and oxygen atoms in total. The molecule has 216 valence electrons. The van der Waals surface area contributed by atoms with Gasteiger partial charge in [0.05, 0.1) is 0 Å². The fourth-order valence-corrected chi connectivity index (χ4v) is 6.96. The standard InChI is InChI=1S/C42H27Br3/c43-40-16-4-13-34(25-40)28-7-1-10-31(19-28)37-22-38(32-11-2-8-29(20-32)35-14-5-17-41(44)26-35)24-39(23-37)33-12-3-9-30(21-33)36-15-6-18-42(45)27-36/h1-27H. The number of benzene rings is 7. The van der Waals surface area contributed by atoms with E-state index in [2.05, 4.69) is 212 Å². The fourth-order valence-electron chi connectivity index (χ4n) is 5.77. The molecule has 0 spiro atoms. The Bertz CT molecular complexity index is 1900. The van der Waals surface area contributed by atoms with Gasteiger partial charge in [-0.25, -0.2) is 0 Å². The van der Waals surface area contributed by atoms with Gasteiger partial charge in [0.15, 0.2) is 0 Å². The van der Waals surface area contributed by atoms with Crippen LogP contribution in [-0.2, 0) is 0 Å². The Morgan fingerprint density at radius 2 is 0.378 bits per heavy atom. The average molecular weight is 771 g/mol. The predicted molar refractivity (Wildman–Crippen MR) is 202 cm³/mol. The number of rotatable bonds is 6. The molecule has 0 radical (unpaired) electrons. The van der Waals surface area contributed by atoms with Gasteiger partial charge in [0, 0.05) is 13.4 Å². The van der Waals surface area contributed by atoms with Crippen molar-refractivity contribution >= 4 is 47.8 Å². The molecule has 0 aliphatic heterocycles. The number of hydrogen-bond donors (Lipinski definition) is 0. The Hall–Kier alpha value is -4.02. The third kappa shape index (κ3) is 6.82. The van der Waals surface area contributed by atoms with E-state index >= 15 is 0 Å². The summed E-state index contributed by atoms with van der Waals surface area (Å²) in [5.41, 5.74) is 14.2. The Kier molecular flexibility index (Phi) is 8.67. The first kappa shape index (κ1) is 29.7. The molecule has 0 saturated carbocycles. The molecule has 45 heavy (non-hydrogen) atoms. The van der Waals surface area contributed by atoms with Gasteiger partial charge in [0.2, 0.25) is 0 Å². The van der Waals surface area contributed by atoms with E-state index in [-0.39, 0.29) is 0 Å². The summed E-state index contributed by atoms with van der Waals surface area (Å²) in [4.78, 5) is 0. The fraction of sp³-hybridized carbons (Fsp3) is 0. The van der Waals surface area contributed by atoms with Crippen LogP contribution in [0.2, 0.25) is 0 Å². The van der Waals surface area contributed by atoms with Crippen LogP contribution in [0.1, 0.15) is 0 Å². The largest absolute Gasteiger partial charge is 0.0610 e. The topological polar surface area (TPSA) is 0 Å². The lowest BCUT2D eigenvalue weighted by atomic mass is 9.90. The van der Waals surface area contributed by atoms with Crippen LogP contribution in [0.4, 0.5) is 0 Å². The first-order valence-electron chi connectivity index (χ1n) is 14.7. The molecule has 7 aromatic carbocycles. The second-order valence-corrected chi connectivity index (χ2v) is 13.8. The minimum absolute atomic E-state index is 1.07. The molecule has 0 saturated heterocycles. The minimum atomic E-state index is 1.07. The van der Waals surface area contributed by atoms with Crippen molar-refractivity contribution in [2.45, 2.75) is 0 Å². The van der Waals surface area contributed by atoms with Gasteiger partial charge in [-0.2, -0.15) is 0 Å². The van der Waals surface area contributed by atoms with E-state index in [9.17, 15) is 0 Å². The quantitative estimate of drug-likeness (QED) is 0.158. The maximum absolute atomic E-state index is 3.64. The first-order chi connectivity index (χ1) is 22.0. The molecule has 7 aromatic rings. The van der Waals surface area contributed by atoms with Gasteiger partial charge in [-0.1, -0.05) is 139 Å². The normalized spacial score (nSPS) is 11.0. The highest BCUT2D eigenvalue weighted by molar-refractivity contribution is 9.11. The summed E-state index contributed by atoms with van der Waals surface area (Å²) in [6.07, 6.45) is 0. The molecule has 0 amide bonds. The lowest BCUT2D eigenvalue weighted by Crippen LogP contribution is -1.88. The summed E-state index contributed by atoms with van der Waals surface area (Å²) in [7, 11) is 0. The van der Waals surface area contributed by atoms with Crippen LogP contribution in [0, 0.1) is 0 Å². The van der Waals surface area contributed by atoms with E-state index in [1.54, 1.807) is 0 Å². The Labute approximate surface area is 289 Å². The van der Waals surface area contributed by atoms with Gasteiger partial charge in [0.1, 0.15) is 0 Å². The maximum Gasteiger partial charge on any atom is 0.0181 e. The van der Waals surface area contributed by atoms with Crippen LogP contribution in [0.25, 0.3) is 66.8 Å². The molecule has 0 unspecified atom stereocenters. The van der Waals surface area contributed by atoms with Crippen molar-refractivity contribution in [1.29, 1.82) is 0 Å².